The summed E-state index contributed by atoms with van der Waals surface area (Å²) in [5, 5.41) is 4.29. The molecule has 0 spiro atoms. The van der Waals surface area contributed by atoms with Gasteiger partial charge in [0.15, 0.2) is 0 Å². The van der Waals surface area contributed by atoms with Gasteiger partial charge in [-0.25, -0.2) is 0 Å². The van der Waals surface area contributed by atoms with Crippen LogP contribution in [0.2, 0.25) is 0 Å². The Balaban J connectivity index is 1.84. The van der Waals surface area contributed by atoms with Gasteiger partial charge in [-0.15, -0.1) is 0 Å². The minimum absolute atomic E-state index is 0.550. The molecule has 0 radical (unpaired) electrons. The predicted molar refractivity (Wildman–Crippen MR) is 62.8 cm³/mol. The monoisotopic (exact) mass is 220 g/mol. The van der Waals surface area contributed by atoms with E-state index in [9.17, 15) is 0 Å². The minimum atomic E-state index is 0.550. The molecule has 0 bridgehead atoms. The van der Waals surface area contributed by atoms with Crippen molar-refractivity contribution in [1.29, 1.82) is 0 Å². The summed E-state index contributed by atoms with van der Waals surface area (Å²) in [6.07, 6.45) is 5.83. The molecule has 2 unspecified atom stereocenters. The van der Waals surface area contributed by atoms with E-state index in [0.717, 1.165) is 12.6 Å². The van der Waals surface area contributed by atoms with Gasteiger partial charge in [0.25, 0.3) is 0 Å². The number of rotatable bonds is 3. The maximum atomic E-state index is 5.82. The molecular weight excluding hydrogens is 200 g/mol. The second-order valence-corrected chi connectivity index (χ2v) is 5.16. The van der Waals surface area contributed by atoms with E-state index >= 15 is 0 Å². The van der Waals surface area contributed by atoms with Crippen molar-refractivity contribution in [2.24, 2.45) is 18.7 Å². The van der Waals surface area contributed by atoms with Gasteiger partial charge in [0.1, 0.15) is 0 Å². The van der Waals surface area contributed by atoms with E-state index in [-0.39, 0.29) is 0 Å². The van der Waals surface area contributed by atoms with Crippen LogP contribution in [0.5, 0.6) is 0 Å². The molecule has 2 aliphatic rings. The van der Waals surface area contributed by atoms with Crippen molar-refractivity contribution in [2.45, 2.75) is 31.3 Å². The number of nitrogens with zero attached hydrogens (tertiary/aromatic N) is 3. The molecule has 4 heteroatoms. The van der Waals surface area contributed by atoms with Crippen LogP contribution in [-0.2, 0) is 7.05 Å². The summed E-state index contributed by atoms with van der Waals surface area (Å²) in [7, 11) is 2.04. The SMILES string of the molecule is Cn1nccc1C1CC(CN)CN1C1CC1. The summed E-state index contributed by atoms with van der Waals surface area (Å²) in [6.45, 7) is 1.99. The lowest BCUT2D eigenvalue weighted by Crippen LogP contribution is -2.28. The number of hydrogen-bond donors (Lipinski definition) is 1. The van der Waals surface area contributed by atoms with Crippen LogP contribution in [-0.4, -0.2) is 33.8 Å². The number of hydrogen-bond acceptors (Lipinski definition) is 3. The van der Waals surface area contributed by atoms with E-state index in [1.54, 1.807) is 0 Å². The Kier molecular flexibility index (Phi) is 2.48. The molecule has 1 saturated carbocycles. The van der Waals surface area contributed by atoms with Gasteiger partial charge >= 0.3 is 0 Å². The molecule has 2 fully saturated rings. The second-order valence-electron chi connectivity index (χ2n) is 5.16. The maximum Gasteiger partial charge on any atom is 0.0552 e. The third-order valence-electron chi connectivity index (χ3n) is 3.98. The highest BCUT2D eigenvalue weighted by molar-refractivity contribution is 5.12. The van der Waals surface area contributed by atoms with Crippen molar-refractivity contribution in [3.05, 3.63) is 18.0 Å². The standard InChI is InChI=1S/C12H20N4/c1-15-11(4-5-14-15)12-6-9(7-13)8-16(12)10-2-3-10/h4-5,9-10,12H,2-3,6-8,13H2,1H3. The summed E-state index contributed by atoms with van der Waals surface area (Å²) in [5.41, 5.74) is 7.17. The number of aromatic nitrogens is 2. The van der Waals surface area contributed by atoms with Crippen molar-refractivity contribution < 1.29 is 0 Å². The number of likely N-dealkylation sites (tertiary alicyclic amines) is 1. The molecular formula is C12H20N4. The summed E-state index contributed by atoms with van der Waals surface area (Å²) in [5.74, 6) is 0.667. The van der Waals surface area contributed by atoms with E-state index in [4.69, 9.17) is 5.73 Å². The quantitative estimate of drug-likeness (QED) is 0.823. The highest BCUT2D eigenvalue weighted by Crippen LogP contribution is 2.42. The Hall–Kier alpha value is -0.870. The highest BCUT2D eigenvalue weighted by atomic mass is 15.3. The zero-order chi connectivity index (χ0) is 11.1. The molecule has 1 aromatic rings. The first kappa shape index (κ1) is 10.3. The molecule has 4 nitrogen and oxygen atoms in total. The van der Waals surface area contributed by atoms with Gasteiger partial charge in [-0.1, -0.05) is 0 Å². The van der Waals surface area contributed by atoms with Gasteiger partial charge in [0.2, 0.25) is 0 Å². The minimum Gasteiger partial charge on any atom is -0.330 e. The van der Waals surface area contributed by atoms with Gasteiger partial charge in [-0.3, -0.25) is 9.58 Å². The van der Waals surface area contributed by atoms with Crippen molar-refractivity contribution in [2.75, 3.05) is 13.1 Å². The fraction of sp³-hybridized carbons (Fsp3) is 0.750. The molecule has 1 saturated heterocycles. The highest BCUT2D eigenvalue weighted by Gasteiger charge is 2.41. The number of nitrogens with two attached hydrogens (primary N) is 1. The third-order valence-corrected chi connectivity index (χ3v) is 3.98. The van der Waals surface area contributed by atoms with E-state index in [1.165, 1.54) is 31.5 Å². The Morgan fingerprint density at radius 2 is 2.31 bits per heavy atom. The summed E-state index contributed by atoms with van der Waals surface area (Å²) < 4.78 is 2.01. The molecule has 0 aromatic carbocycles. The van der Waals surface area contributed by atoms with Crippen LogP contribution in [0.1, 0.15) is 31.0 Å². The summed E-state index contributed by atoms with van der Waals surface area (Å²) in [4.78, 5) is 2.65. The Bertz CT molecular complexity index is 369. The van der Waals surface area contributed by atoms with Crippen LogP contribution in [0.4, 0.5) is 0 Å². The fourth-order valence-electron chi connectivity index (χ4n) is 2.93. The van der Waals surface area contributed by atoms with Crippen LogP contribution in [0.3, 0.4) is 0 Å². The topological polar surface area (TPSA) is 47.1 Å². The summed E-state index contributed by atoms with van der Waals surface area (Å²) >= 11 is 0. The van der Waals surface area contributed by atoms with Crippen molar-refractivity contribution in [1.82, 2.24) is 14.7 Å². The molecule has 2 atom stereocenters. The fourth-order valence-corrected chi connectivity index (χ4v) is 2.93. The average molecular weight is 220 g/mol. The Labute approximate surface area is 96.4 Å². The van der Waals surface area contributed by atoms with E-state index in [1.807, 2.05) is 17.9 Å². The number of aryl methyl sites for hydroxylation is 1. The van der Waals surface area contributed by atoms with Gasteiger partial charge in [-0.05, 0) is 37.8 Å². The first-order chi connectivity index (χ1) is 7.79. The zero-order valence-electron chi connectivity index (χ0n) is 9.84. The van der Waals surface area contributed by atoms with Crippen molar-refractivity contribution >= 4 is 0 Å². The van der Waals surface area contributed by atoms with E-state index in [2.05, 4.69) is 16.1 Å². The maximum absolute atomic E-state index is 5.82. The van der Waals surface area contributed by atoms with Crippen molar-refractivity contribution in [3.8, 4) is 0 Å². The molecule has 16 heavy (non-hydrogen) atoms. The molecule has 2 N–H and O–H groups in total. The van der Waals surface area contributed by atoms with E-state index in [0.29, 0.717) is 12.0 Å². The second kappa shape index (κ2) is 3.86. The van der Waals surface area contributed by atoms with Crippen molar-refractivity contribution in [3.63, 3.8) is 0 Å². The predicted octanol–water partition coefficient (Wildman–Crippen LogP) is 0.904. The average Bonchev–Trinajstić information content (AvgIpc) is 2.90. The molecule has 1 aromatic heterocycles. The van der Waals surface area contributed by atoms with Crippen LogP contribution >= 0.6 is 0 Å². The first-order valence-electron chi connectivity index (χ1n) is 6.23. The lowest BCUT2D eigenvalue weighted by Gasteiger charge is -2.24. The van der Waals surface area contributed by atoms with Crippen LogP contribution < -0.4 is 5.73 Å². The van der Waals surface area contributed by atoms with Gasteiger partial charge < -0.3 is 5.73 Å². The van der Waals surface area contributed by atoms with Crippen LogP contribution in [0.25, 0.3) is 0 Å². The van der Waals surface area contributed by atoms with Crippen LogP contribution in [0.15, 0.2) is 12.3 Å². The first-order valence-corrected chi connectivity index (χ1v) is 6.23. The molecule has 3 rings (SSSR count). The van der Waals surface area contributed by atoms with Gasteiger partial charge in [0, 0.05) is 25.8 Å². The molecule has 1 aliphatic carbocycles. The normalized spacial score (nSPS) is 31.1. The van der Waals surface area contributed by atoms with Gasteiger partial charge in [0.05, 0.1) is 11.7 Å². The molecule has 1 aliphatic heterocycles. The molecule has 0 amide bonds. The van der Waals surface area contributed by atoms with Crippen LogP contribution in [0, 0.1) is 5.92 Å². The summed E-state index contributed by atoms with van der Waals surface area (Å²) in [6, 6.07) is 3.52. The van der Waals surface area contributed by atoms with E-state index < -0.39 is 0 Å². The largest absolute Gasteiger partial charge is 0.330 e. The zero-order valence-corrected chi connectivity index (χ0v) is 9.84. The Morgan fingerprint density at radius 1 is 1.50 bits per heavy atom. The third kappa shape index (κ3) is 1.66. The molecule has 88 valence electrons. The smallest absolute Gasteiger partial charge is 0.0552 e. The lowest BCUT2D eigenvalue weighted by atomic mass is 10.0. The molecule has 2 heterocycles. The van der Waals surface area contributed by atoms with Gasteiger partial charge in [-0.2, -0.15) is 5.10 Å². The Morgan fingerprint density at radius 3 is 2.88 bits per heavy atom. The lowest BCUT2D eigenvalue weighted by molar-refractivity contribution is 0.234.